The smallest absolute Gasteiger partial charge is 0.269 e. The van der Waals surface area contributed by atoms with Crippen molar-refractivity contribution in [3.63, 3.8) is 0 Å². The second-order valence-corrected chi connectivity index (χ2v) is 7.77. The fourth-order valence-electron chi connectivity index (χ4n) is 4.00. The Hall–Kier alpha value is -3.26. The van der Waals surface area contributed by atoms with Gasteiger partial charge in [-0.05, 0) is 43.2 Å². The number of carbonyl (C=O) groups is 1. The highest BCUT2D eigenvalue weighted by Gasteiger charge is 2.20. The summed E-state index contributed by atoms with van der Waals surface area (Å²) < 4.78 is 21.5. The molecule has 162 valence electrons. The maximum atomic E-state index is 12.1. The molecule has 3 aromatic heterocycles. The van der Waals surface area contributed by atoms with Gasteiger partial charge < -0.3 is 15.2 Å². The highest BCUT2D eigenvalue weighted by atomic mass is 16.1. The molecule has 2 N–H and O–H groups in total. The molecule has 0 bridgehead atoms. The molecule has 1 saturated heterocycles. The Balaban J connectivity index is 1.39. The minimum atomic E-state index is -2.55. The molecule has 0 aliphatic carbocycles. The fourth-order valence-corrected chi connectivity index (χ4v) is 4.00. The number of aryl methyl sites for hydroxylation is 2. The molecule has 8 nitrogen and oxygen atoms in total. The maximum absolute atomic E-state index is 12.1. The topological polar surface area (TPSA) is 94.2 Å². The summed E-state index contributed by atoms with van der Waals surface area (Å²) in [5.41, 5.74) is 4.97. The number of nitrogens with one attached hydrogen (secondary N) is 2. The van der Waals surface area contributed by atoms with E-state index in [4.69, 9.17) is 4.11 Å². The Kier molecular flexibility index (Phi) is 4.97. The summed E-state index contributed by atoms with van der Waals surface area (Å²) >= 11 is 0. The molecule has 4 heterocycles. The Morgan fingerprint density at radius 1 is 1.26 bits per heavy atom. The van der Waals surface area contributed by atoms with Crippen molar-refractivity contribution in [2.45, 2.75) is 26.8 Å². The largest absolute Gasteiger partial charge is 0.368 e. The van der Waals surface area contributed by atoms with E-state index in [-0.39, 0.29) is 11.3 Å². The number of rotatable bonds is 5. The summed E-state index contributed by atoms with van der Waals surface area (Å²) in [6.07, 6.45) is 2.54. The molecule has 1 amide bonds. The van der Waals surface area contributed by atoms with Crippen molar-refractivity contribution in [2.24, 2.45) is 0 Å². The van der Waals surface area contributed by atoms with Crippen molar-refractivity contribution in [1.29, 1.82) is 0 Å². The summed E-state index contributed by atoms with van der Waals surface area (Å²) in [4.78, 5) is 40.5. The van der Waals surface area contributed by atoms with E-state index < -0.39 is 12.9 Å². The normalized spacial score (nSPS) is 16.6. The summed E-state index contributed by atoms with van der Waals surface area (Å²) in [5.74, 6) is -0.712. The predicted molar refractivity (Wildman–Crippen MR) is 122 cm³/mol. The zero-order valence-corrected chi connectivity index (χ0v) is 17.7. The van der Waals surface area contributed by atoms with E-state index in [1.165, 1.54) is 0 Å². The van der Waals surface area contributed by atoms with Crippen LogP contribution in [0.2, 0.25) is 0 Å². The van der Waals surface area contributed by atoms with Gasteiger partial charge in [0.2, 0.25) is 0 Å². The quantitative estimate of drug-likeness (QED) is 0.651. The van der Waals surface area contributed by atoms with Crippen LogP contribution < -0.4 is 15.8 Å². The average Bonchev–Trinajstić information content (AvgIpc) is 2.78. The van der Waals surface area contributed by atoms with Gasteiger partial charge in [0.25, 0.3) is 11.5 Å². The number of aromatic amines is 1. The van der Waals surface area contributed by atoms with Gasteiger partial charge in [-0.15, -0.1) is 0 Å². The fraction of sp³-hybridized carbons (Fsp3) is 0.391. The van der Waals surface area contributed by atoms with E-state index in [9.17, 15) is 9.59 Å². The van der Waals surface area contributed by atoms with Crippen LogP contribution in [-0.2, 0) is 13.0 Å². The molecule has 0 saturated carbocycles. The molecule has 31 heavy (non-hydrogen) atoms. The number of pyridine rings is 3. The lowest BCUT2D eigenvalue weighted by Crippen LogP contribution is -2.46. The third-order valence-electron chi connectivity index (χ3n) is 5.73. The van der Waals surface area contributed by atoms with Crippen molar-refractivity contribution in [3.8, 4) is 0 Å². The van der Waals surface area contributed by atoms with E-state index >= 15 is 0 Å². The van der Waals surface area contributed by atoms with Crippen LogP contribution >= 0.6 is 0 Å². The number of aromatic nitrogens is 3. The van der Waals surface area contributed by atoms with Crippen LogP contribution in [0.4, 0.5) is 5.69 Å². The molecular formula is C23H28N6O2. The second kappa shape index (κ2) is 8.85. The van der Waals surface area contributed by atoms with Crippen molar-refractivity contribution in [1.82, 2.24) is 25.2 Å². The number of carbonyl (C=O) groups excluding carboxylic acids is 1. The van der Waals surface area contributed by atoms with Gasteiger partial charge in [-0.1, -0.05) is 6.92 Å². The SMILES string of the molecule is [2H]C([2H])([2H])NC(=O)c1ccc(N2CCN(Cc3cnc4cc(CC)c(=O)[nH]c4c3)CC2)c(C)n1. The van der Waals surface area contributed by atoms with E-state index in [0.717, 1.165) is 60.6 Å². The van der Waals surface area contributed by atoms with Crippen LogP contribution in [0.25, 0.3) is 11.0 Å². The van der Waals surface area contributed by atoms with Crippen molar-refractivity contribution < 1.29 is 8.91 Å². The number of H-pyrrole nitrogens is 1. The van der Waals surface area contributed by atoms with Gasteiger partial charge in [-0.25, -0.2) is 4.98 Å². The van der Waals surface area contributed by atoms with Gasteiger partial charge in [-0.3, -0.25) is 19.5 Å². The van der Waals surface area contributed by atoms with E-state index in [0.29, 0.717) is 12.1 Å². The van der Waals surface area contributed by atoms with Crippen molar-refractivity contribution in [3.05, 3.63) is 63.3 Å². The van der Waals surface area contributed by atoms with Gasteiger partial charge >= 0.3 is 0 Å². The number of hydrogen-bond donors (Lipinski definition) is 2. The van der Waals surface area contributed by atoms with Gasteiger partial charge in [0, 0.05) is 55.6 Å². The van der Waals surface area contributed by atoms with Crippen LogP contribution in [0.1, 0.15) is 38.3 Å². The van der Waals surface area contributed by atoms with Crippen molar-refractivity contribution >= 4 is 22.6 Å². The third kappa shape index (κ3) is 4.44. The molecule has 0 atom stereocenters. The number of amides is 1. The minimum Gasteiger partial charge on any atom is -0.368 e. The van der Waals surface area contributed by atoms with Gasteiger partial charge in [0.1, 0.15) is 5.69 Å². The van der Waals surface area contributed by atoms with Crippen LogP contribution in [-0.4, -0.2) is 58.9 Å². The summed E-state index contributed by atoms with van der Waals surface area (Å²) in [7, 11) is 0. The Morgan fingerprint density at radius 2 is 2.06 bits per heavy atom. The minimum absolute atomic E-state index is 0.0616. The number of fused-ring (bicyclic) bond motifs is 1. The van der Waals surface area contributed by atoms with Crippen LogP contribution in [0.15, 0.2) is 35.3 Å². The molecular weight excluding hydrogens is 392 g/mol. The molecule has 1 aliphatic rings. The first-order chi connectivity index (χ1) is 16.1. The lowest BCUT2D eigenvalue weighted by Gasteiger charge is -2.36. The summed E-state index contributed by atoms with van der Waals surface area (Å²) in [6, 6.07) is 7.22. The van der Waals surface area contributed by atoms with Crippen LogP contribution in [0, 0.1) is 6.92 Å². The molecule has 3 aromatic rings. The Bertz CT molecular complexity index is 1270. The van der Waals surface area contributed by atoms with Gasteiger partial charge in [0.15, 0.2) is 0 Å². The van der Waals surface area contributed by atoms with Crippen molar-refractivity contribution in [2.75, 3.05) is 38.1 Å². The van der Waals surface area contributed by atoms with E-state index in [2.05, 4.69) is 24.8 Å². The second-order valence-electron chi connectivity index (χ2n) is 7.77. The Morgan fingerprint density at radius 3 is 2.77 bits per heavy atom. The number of hydrogen-bond acceptors (Lipinski definition) is 6. The monoisotopic (exact) mass is 423 g/mol. The first-order valence-electron chi connectivity index (χ1n) is 11.9. The molecule has 4 rings (SSSR count). The van der Waals surface area contributed by atoms with Crippen LogP contribution in [0.3, 0.4) is 0 Å². The summed E-state index contributed by atoms with van der Waals surface area (Å²) in [6.45, 7) is 5.22. The van der Waals surface area contributed by atoms with E-state index in [1.807, 2.05) is 43.6 Å². The first kappa shape index (κ1) is 17.4. The number of nitrogens with zero attached hydrogens (tertiary/aromatic N) is 4. The predicted octanol–water partition coefficient (Wildman–Crippen LogP) is 1.87. The van der Waals surface area contributed by atoms with E-state index in [1.54, 1.807) is 6.07 Å². The molecule has 0 radical (unpaired) electrons. The molecule has 1 fully saturated rings. The molecule has 8 heteroatoms. The average molecular weight is 424 g/mol. The Labute approximate surface area is 185 Å². The van der Waals surface area contributed by atoms with Gasteiger partial charge in [0.05, 0.1) is 22.4 Å². The van der Waals surface area contributed by atoms with Crippen LogP contribution in [0.5, 0.6) is 0 Å². The summed E-state index contributed by atoms with van der Waals surface area (Å²) in [5, 5.41) is 1.96. The zero-order chi connectivity index (χ0) is 24.5. The lowest BCUT2D eigenvalue weighted by atomic mass is 10.1. The maximum Gasteiger partial charge on any atom is 0.269 e. The number of piperazine rings is 1. The highest BCUT2D eigenvalue weighted by molar-refractivity contribution is 5.92. The number of anilines is 1. The zero-order valence-electron chi connectivity index (χ0n) is 20.7. The molecule has 1 aliphatic heterocycles. The lowest BCUT2D eigenvalue weighted by molar-refractivity contribution is 0.0958. The first-order valence-corrected chi connectivity index (χ1v) is 10.4. The standard InChI is InChI=1S/C23H28N6O2/c1-4-17-12-19-20(27-22(17)30)11-16(13-25-19)14-28-7-9-29(10-8-28)21-6-5-18(23(31)24-3)26-15(21)2/h5-6,11-13H,4,7-10,14H2,1-3H3,(H,24,31)(H,27,30)/i3D3. The van der Waals surface area contributed by atoms with Gasteiger partial charge in [-0.2, -0.15) is 0 Å². The molecule has 0 aromatic carbocycles. The third-order valence-corrected chi connectivity index (χ3v) is 5.73. The molecule has 0 unspecified atom stereocenters. The molecule has 0 spiro atoms. The highest BCUT2D eigenvalue weighted by Crippen LogP contribution is 2.21.